The maximum atomic E-state index is 14.5. The van der Waals surface area contributed by atoms with E-state index >= 15 is 0 Å². The SMILES string of the molecule is COc1cc(F)cc(C2CCC3(CC2)CN(C(=O)C2CC(C)(O)C2)C3)c1F. The van der Waals surface area contributed by atoms with Gasteiger partial charge in [0.15, 0.2) is 11.6 Å². The highest BCUT2D eigenvalue weighted by molar-refractivity contribution is 5.81. The van der Waals surface area contributed by atoms with E-state index in [0.29, 0.717) is 18.4 Å². The number of likely N-dealkylation sites (tertiary alicyclic amines) is 1. The van der Waals surface area contributed by atoms with Crippen molar-refractivity contribution in [3.05, 3.63) is 29.3 Å². The molecule has 1 N–H and O–H groups in total. The number of halogens is 2. The number of nitrogens with zero attached hydrogens (tertiary/aromatic N) is 1. The van der Waals surface area contributed by atoms with Crippen molar-refractivity contribution in [3.8, 4) is 5.75 Å². The number of carbonyl (C=O) groups excluding carboxylic acids is 1. The second-order valence-electron chi connectivity index (χ2n) is 9.08. The Balaban J connectivity index is 1.34. The van der Waals surface area contributed by atoms with Gasteiger partial charge in [0, 0.05) is 30.5 Å². The van der Waals surface area contributed by atoms with E-state index in [1.807, 2.05) is 4.90 Å². The molecule has 0 radical (unpaired) electrons. The number of benzene rings is 1. The number of carbonyl (C=O) groups is 1. The maximum absolute atomic E-state index is 14.5. The number of ether oxygens (including phenoxy) is 1. The summed E-state index contributed by atoms with van der Waals surface area (Å²) in [6, 6.07) is 2.37. The molecule has 4 nitrogen and oxygen atoms in total. The molecule has 0 aromatic heterocycles. The van der Waals surface area contributed by atoms with E-state index in [0.717, 1.165) is 44.8 Å². The first kappa shape index (κ1) is 18.7. The molecule has 0 atom stereocenters. The number of amides is 1. The summed E-state index contributed by atoms with van der Waals surface area (Å²) in [5.41, 5.74) is -0.144. The fraction of sp³-hybridized carbons (Fsp3) is 0.667. The molecular formula is C21H27F2NO3. The molecule has 0 bridgehead atoms. The highest BCUT2D eigenvalue weighted by Gasteiger charge is 2.51. The standard InChI is InChI=1S/C21H27F2NO3/c1-20(26)9-14(10-20)19(25)24-11-21(12-24)5-3-13(4-6-21)16-7-15(22)8-17(27-2)18(16)23/h7-8,13-14,26H,3-6,9-12H2,1-2H3. The van der Waals surface area contributed by atoms with Gasteiger partial charge in [-0.3, -0.25) is 4.79 Å². The number of hydrogen-bond acceptors (Lipinski definition) is 3. The average Bonchev–Trinajstić information content (AvgIpc) is 2.58. The smallest absolute Gasteiger partial charge is 0.225 e. The summed E-state index contributed by atoms with van der Waals surface area (Å²) >= 11 is 0. The van der Waals surface area contributed by atoms with Crippen molar-refractivity contribution >= 4 is 5.91 Å². The van der Waals surface area contributed by atoms with Crippen LogP contribution in [0.25, 0.3) is 0 Å². The molecule has 4 rings (SSSR count). The molecule has 148 valence electrons. The Kier molecular flexibility index (Phi) is 4.45. The minimum absolute atomic E-state index is 0.00768. The van der Waals surface area contributed by atoms with Crippen molar-refractivity contribution in [2.24, 2.45) is 11.3 Å². The fourth-order valence-electron chi connectivity index (χ4n) is 5.24. The molecule has 1 amide bonds. The maximum Gasteiger partial charge on any atom is 0.225 e. The van der Waals surface area contributed by atoms with Crippen LogP contribution in [0.3, 0.4) is 0 Å². The van der Waals surface area contributed by atoms with Crippen LogP contribution >= 0.6 is 0 Å². The second-order valence-corrected chi connectivity index (χ2v) is 9.08. The zero-order chi connectivity index (χ0) is 19.4. The van der Waals surface area contributed by atoms with E-state index in [4.69, 9.17) is 4.74 Å². The van der Waals surface area contributed by atoms with Crippen LogP contribution in [-0.4, -0.2) is 41.7 Å². The molecule has 1 saturated heterocycles. The van der Waals surface area contributed by atoms with Crippen molar-refractivity contribution in [1.29, 1.82) is 0 Å². The van der Waals surface area contributed by atoms with Crippen LogP contribution < -0.4 is 4.74 Å². The Morgan fingerprint density at radius 3 is 2.41 bits per heavy atom. The molecule has 1 aromatic rings. The molecule has 1 aromatic carbocycles. The van der Waals surface area contributed by atoms with E-state index < -0.39 is 17.2 Å². The van der Waals surface area contributed by atoms with Gasteiger partial charge in [-0.15, -0.1) is 0 Å². The van der Waals surface area contributed by atoms with Crippen LogP contribution in [-0.2, 0) is 4.79 Å². The Labute approximate surface area is 158 Å². The lowest BCUT2D eigenvalue weighted by molar-refractivity contribution is -0.163. The first-order valence-corrected chi connectivity index (χ1v) is 9.76. The topological polar surface area (TPSA) is 49.8 Å². The van der Waals surface area contributed by atoms with E-state index in [1.54, 1.807) is 6.92 Å². The van der Waals surface area contributed by atoms with Gasteiger partial charge in [0.25, 0.3) is 0 Å². The zero-order valence-electron chi connectivity index (χ0n) is 15.9. The lowest BCUT2D eigenvalue weighted by atomic mass is 9.63. The zero-order valence-corrected chi connectivity index (χ0v) is 15.9. The third-order valence-electron chi connectivity index (χ3n) is 6.82. The molecule has 6 heteroatoms. The van der Waals surface area contributed by atoms with Gasteiger partial charge in [-0.2, -0.15) is 0 Å². The molecule has 2 aliphatic carbocycles. The summed E-state index contributed by atoms with van der Waals surface area (Å²) in [5, 5.41) is 9.83. The van der Waals surface area contributed by atoms with E-state index in [-0.39, 0.29) is 28.9 Å². The van der Waals surface area contributed by atoms with Crippen LogP contribution in [0.2, 0.25) is 0 Å². The largest absolute Gasteiger partial charge is 0.494 e. The average molecular weight is 379 g/mol. The Morgan fingerprint density at radius 1 is 1.22 bits per heavy atom. The van der Waals surface area contributed by atoms with Crippen LogP contribution in [0.4, 0.5) is 8.78 Å². The van der Waals surface area contributed by atoms with Gasteiger partial charge < -0.3 is 14.7 Å². The van der Waals surface area contributed by atoms with Gasteiger partial charge in [-0.05, 0) is 63.0 Å². The lowest BCUT2D eigenvalue weighted by Crippen LogP contribution is -2.62. The minimum atomic E-state index is -0.684. The van der Waals surface area contributed by atoms with Gasteiger partial charge in [0.2, 0.25) is 5.91 Å². The summed E-state index contributed by atoms with van der Waals surface area (Å²) in [6.45, 7) is 3.29. The quantitative estimate of drug-likeness (QED) is 0.873. The Bertz CT molecular complexity index is 740. The highest BCUT2D eigenvalue weighted by atomic mass is 19.1. The van der Waals surface area contributed by atoms with E-state index in [2.05, 4.69) is 0 Å². The third kappa shape index (κ3) is 3.33. The van der Waals surface area contributed by atoms with Crippen LogP contribution in [0.15, 0.2) is 12.1 Å². The number of hydrogen-bond donors (Lipinski definition) is 1. The first-order chi connectivity index (χ1) is 12.7. The number of aliphatic hydroxyl groups is 1. The third-order valence-corrected chi connectivity index (χ3v) is 6.82. The van der Waals surface area contributed by atoms with Crippen molar-refractivity contribution < 1.29 is 23.4 Å². The van der Waals surface area contributed by atoms with Gasteiger partial charge >= 0.3 is 0 Å². The minimum Gasteiger partial charge on any atom is -0.494 e. The summed E-state index contributed by atoms with van der Waals surface area (Å²) in [4.78, 5) is 14.4. The molecule has 1 spiro atoms. The summed E-state index contributed by atoms with van der Waals surface area (Å²) < 4.78 is 33.3. The molecular weight excluding hydrogens is 352 g/mol. The predicted octanol–water partition coefficient (Wildman–Crippen LogP) is 3.62. The van der Waals surface area contributed by atoms with Gasteiger partial charge in [-0.1, -0.05) is 0 Å². The monoisotopic (exact) mass is 379 g/mol. The second kappa shape index (κ2) is 6.43. The van der Waals surface area contributed by atoms with Crippen molar-refractivity contribution in [2.45, 2.75) is 57.0 Å². The molecule has 2 saturated carbocycles. The van der Waals surface area contributed by atoms with Crippen molar-refractivity contribution in [2.75, 3.05) is 20.2 Å². The Morgan fingerprint density at radius 2 is 1.85 bits per heavy atom. The molecule has 1 heterocycles. The van der Waals surface area contributed by atoms with Gasteiger partial charge in [0.1, 0.15) is 5.82 Å². The Hall–Kier alpha value is -1.69. The summed E-state index contributed by atoms with van der Waals surface area (Å²) in [6.07, 6.45) is 4.54. The normalized spacial score (nSPS) is 30.0. The number of methoxy groups -OCH3 is 1. The molecule has 0 unspecified atom stereocenters. The van der Waals surface area contributed by atoms with E-state index in [1.165, 1.54) is 13.2 Å². The van der Waals surface area contributed by atoms with E-state index in [9.17, 15) is 18.7 Å². The van der Waals surface area contributed by atoms with Gasteiger partial charge in [0.05, 0.1) is 12.7 Å². The summed E-state index contributed by atoms with van der Waals surface area (Å²) in [5.74, 6) is -0.853. The molecule has 3 aliphatic rings. The van der Waals surface area contributed by atoms with Crippen LogP contribution in [0.5, 0.6) is 5.75 Å². The van der Waals surface area contributed by atoms with Crippen molar-refractivity contribution in [1.82, 2.24) is 4.90 Å². The van der Waals surface area contributed by atoms with Crippen LogP contribution in [0, 0.1) is 23.0 Å². The first-order valence-electron chi connectivity index (χ1n) is 9.76. The molecule has 27 heavy (non-hydrogen) atoms. The fourth-order valence-corrected chi connectivity index (χ4v) is 5.24. The number of rotatable bonds is 3. The van der Waals surface area contributed by atoms with Gasteiger partial charge in [-0.25, -0.2) is 8.78 Å². The lowest BCUT2D eigenvalue weighted by Gasteiger charge is -2.55. The molecule has 1 aliphatic heterocycles. The summed E-state index contributed by atoms with van der Waals surface area (Å²) in [7, 11) is 1.35. The highest BCUT2D eigenvalue weighted by Crippen LogP contribution is 2.50. The molecule has 3 fully saturated rings. The predicted molar refractivity (Wildman–Crippen MR) is 96.5 cm³/mol. The van der Waals surface area contributed by atoms with Crippen LogP contribution in [0.1, 0.15) is 56.9 Å². The van der Waals surface area contributed by atoms with Crippen molar-refractivity contribution in [3.63, 3.8) is 0 Å².